The van der Waals surface area contributed by atoms with Crippen molar-refractivity contribution < 1.29 is 62.0 Å². The second kappa shape index (κ2) is 30.2. The van der Waals surface area contributed by atoms with E-state index in [0.717, 1.165) is 13.1 Å². The third-order valence-corrected chi connectivity index (χ3v) is 2.44. The number of aliphatic hydroxyl groups excluding tert-OH is 4. The SMILES string of the molecule is C=CCN(CCO)CCO.C=CCN(CCO)CCO.[Cl-].[Cl-].[Co+2]. The van der Waals surface area contributed by atoms with E-state index in [9.17, 15) is 0 Å². The molecule has 0 aliphatic rings. The van der Waals surface area contributed by atoms with Crippen LogP contribution in [0.25, 0.3) is 0 Å². The standard InChI is InChI=1S/2C7H15NO2.2ClH.Co/c2*1-2-3-8(4-6-9)5-7-10;;;/h2*2,9-10H,1,3-7H2;2*1H;/q;;;;+2/p-2. The molecule has 0 spiro atoms. The predicted molar refractivity (Wildman–Crippen MR) is 81.6 cm³/mol. The fraction of sp³-hybridized carbons (Fsp3) is 0.714. The molecule has 0 aromatic carbocycles. The maximum absolute atomic E-state index is 8.53. The van der Waals surface area contributed by atoms with Crippen LogP contribution in [0.1, 0.15) is 0 Å². The van der Waals surface area contributed by atoms with Gasteiger partial charge in [0.1, 0.15) is 0 Å². The Kier molecular flexibility index (Phi) is 45.5. The zero-order valence-corrected chi connectivity index (χ0v) is 16.0. The molecule has 6 nitrogen and oxygen atoms in total. The molecule has 0 saturated carbocycles. The quantitative estimate of drug-likeness (QED) is 0.235. The van der Waals surface area contributed by atoms with Gasteiger partial charge in [0.05, 0.1) is 26.4 Å². The summed E-state index contributed by atoms with van der Waals surface area (Å²) in [6.07, 6.45) is 3.51. The van der Waals surface area contributed by atoms with Crippen LogP contribution in [0, 0.1) is 0 Å². The van der Waals surface area contributed by atoms with Crippen LogP contribution in [0.5, 0.6) is 0 Å². The molecule has 143 valence electrons. The Morgan fingerprint density at radius 1 is 0.609 bits per heavy atom. The molecule has 0 aliphatic carbocycles. The number of aliphatic hydroxyl groups is 4. The van der Waals surface area contributed by atoms with Crippen LogP contribution < -0.4 is 24.8 Å². The van der Waals surface area contributed by atoms with Gasteiger partial charge in [-0.1, -0.05) is 12.2 Å². The van der Waals surface area contributed by atoms with Gasteiger partial charge in [-0.25, -0.2) is 0 Å². The van der Waals surface area contributed by atoms with Crippen molar-refractivity contribution in [3.8, 4) is 0 Å². The second-order valence-electron chi connectivity index (χ2n) is 4.07. The van der Waals surface area contributed by atoms with Gasteiger partial charge in [0.25, 0.3) is 0 Å². The number of nitrogens with zero attached hydrogens (tertiary/aromatic N) is 2. The van der Waals surface area contributed by atoms with Gasteiger partial charge in [-0.3, -0.25) is 9.80 Å². The van der Waals surface area contributed by atoms with E-state index in [1.54, 1.807) is 12.2 Å². The van der Waals surface area contributed by atoms with E-state index < -0.39 is 0 Å². The molecule has 0 bridgehead atoms. The predicted octanol–water partition coefficient (Wildman–Crippen LogP) is -7.08. The summed E-state index contributed by atoms with van der Waals surface area (Å²) in [5.74, 6) is 0. The molecule has 0 fully saturated rings. The Balaban J connectivity index is -0.0000000831. The van der Waals surface area contributed by atoms with Gasteiger partial charge in [-0.2, -0.15) is 0 Å². The van der Waals surface area contributed by atoms with Gasteiger partial charge in [0.2, 0.25) is 0 Å². The van der Waals surface area contributed by atoms with Crippen molar-refractivity contribution in [2.45, 2.75) is 0 Å². The van der Waals surface area contributed by atoms with E-state index in [1.165, 1.54) is 0 Å². The van der Waals surface area contributed by atoms with Crippen LogP contribution in [-0.2, 0) is 16.8 Å². The molecule has 4 N–H and O–H groups in total. The molecule has 0 amide bonds. The molecule has 0 unspecified atom stereocenters. The van der Waals surface area contributed by atoms with Crippen molar-refractivity contribution in [1.82, 2.24) is 9.80 Å². The summed E-state index contributed by atoms with van der Waals surface area (Å²) in [5, 5.41) is 34.1. The van der Waals surface area contributed by atoms with Crippen LogP contribution in [-0.4, -0.2) is 95.9 Å². The maximum atomic E-state index is 8.53. The topological polar surface area (TPSA) is 87.4 Å². The van der Waals surface area contributed by atoms with Crippen molar-refractivity contribution in [2.24, 2.45) is 0 Å². The average molecular weight is 420 g/mol. The Bertz CT molecular complexity index is 197. The fourth-order valence-electron chi connectivity index (χ4n) is 1.52. The number of hydrogen-bond acceptors (Lipinski definition) is 6. The van der Waals surface area contributed by atoms with Gasteiger partial charge in [-0.15, -0.1) is 13.2 Å². The Hall–Kier alpha value is 0.326. The van der Waals surface area contributed by atoms with Crippen LogP contribution in [0.2, 0.25) is 0 Å². The second-order valence-corrected chi connectivity index (χ2v) is 4.07. The number of halogens is 2. The third-order valence-electron chi connectivity index (χ3n) is 2.44. The van der Waals surface area contributed by atoms with Crippen molar-refractivity contribution in [3.05, 3.63) is 25.3 Å². The first-order valence-corrected chi connectivity index (χ1v) is 6.80. The molecule has 0 rings (SSSR count). The van der Waals surface area contributed by atoms with E-state index in [4.69, 9.17) is 20.4 Å². The summed E-state index contributed by atoms with van der Waals surface area (Å²) < 4.78 is 0. The molecular weight excluding hydrogens is 390 g/mol. The molecule has 0 aliphatic heterocycles. The van der Waals surface area contributed by atoms with Gasteiger partial charge in [-0.05, 0) is 0 Å². The summed E-state index contributed by atoms with van der Waals surface area (Å²) in [4.78, 5) is 3.85. The van der Waals surface area contributed by atoms with E-state index >= 15 is 0 Å². The van der Waals surface area contributed by atoms with Crippen molar-refractivity contribution >= 4 is 0 Å². The van der Waals surface area contributed by atoms with E-state index in [0.29, 0.717) is 26.2 Å². The van der Waals surface area contributed by atoms with E-state index in [2.05, 4.69) is 13.2 Å². The van der Waals surface area contributed by atoms with Crippen LogP contribution in [0.3, 0.4) is 0 Å². The summed E-state index contributed by atoms with van der Waals surface area (Å²) >= 11 is 0. The van der Waals surface area contributed by atoms with E-state index in [-0.39, 0.29) is 68.0 Å². The van der Waals surface area contributed by atoms with E-state index in [1.807, 2.05) is 9.80 Å². The van der Waals surface area contributed by atoms with Crippen LogP contribution >= 0.6 is 0 Å². The van der Waals surface area contributed by atoms with Crippen molar-refractivity contribution in [2.75, 3.05) is 65.7 Å². The van der Waals surface area contributed by atoms with Crippen LogP contribution in [0.4, 0.5) is 0 Å². The van der Waals surface area contributed by atoms with Gasteiger partial charge in [0, 0.05) is 39.3 Å². The minimum atomic E-state index is 0. The largest absolute Gasteiger partial charge is 2.00 e. The van der Waals surface area contributed by atoms with Crippen LogP contribution in [0.15, 0.2) is 25.3 Å². The van der Waals surface area contributed by atoms with Gasteiger partial charge in [0.15, 0.2) is 0 Å². The monoisotopic (exact) mass is 419 g/mol. The first-order chi connectivity index (χ1) is 9.69. The molecule has 0 heterocycles. The molecule has 0 aromatic rings. The summed E-state index contributed by atoms with van der Waals surface area (Å²) in [6, 6.07) is 0. The zero-order valence-electron chi connectivity index (χ0n) is 13.4. The average Bonchev–Trinajstić information content (AvgIpc) is 2.41. The Morgan fingerprint density at radius 2 is 0.826 bits per heavy atom. The molecule has 0 saturated heterocycles. The molecule has 9 heteroatoms. The van der Waals surface area contributed by atoms with Gasteiger partial charge >= 0.3 is 16.8 Å². The summed E-state index contributed by atoms with van der Waals surface area (Å²) in [5.41, 5.74) is 0. The minimum Gasteiger partial charge on any atom is -1.00 e. The van der Waals surface area contributed by atoms with Gasteiger partial charge < -0.3 is 45.2 Å². The normalized spacial score (nSPS) is 8.96. The molecular formula is C14H30Cl2CoN2O4. The van der Waals surface area contributed by atoms with Crippen molar-refractivity contribution in [1.29, 1.82) is 0 Å². The molecule has 0 aromatic heterocycles. The third kappa shape index (κ3) is 27.5. The maximum Gasteiger partial charge on any atom is 2.00 e. The first-order valence-electron chi connectivity index (χ1n) is 6.80. The Morgan fingerprint density at radius 3 is 0.957 bits per heavy atom. The minimum absolute atomic E-state index is 0. The summed E-state index contributed by atoms with van der Waals surface area (Å²) in [7, 11) is 0. The molecule has 0 atom stereocenters. The Labute approximate surface area is 162 Å². The first kappa shape index (κ1) is 34.6. The fourth-order valence-corrected chi connectivity index (χ4v) is 1.52. The van der Waals surface area contributed by atoms with Crippen molar-refractivity contribution in [3.63, 3.8) is 0 Å². The number of rotatable bonds is 12. The summed E-state index contributed by atoms with van der Waals surface area (Å²) in [6.45, 7) is 11.5. The smallest absolute Gasteiger partial charge is 1.00 e. The zero-order chi connectivity index (χ0) is 15.6. The number of hydrogen-bond donors (Lipinski definition) is 4. The molecule has 1 radical (unpaired) electrons. The molecule has 23 heavy (non-hydrogen) atoms.